The van der Waals surface area contributed by atoms with Crippen LogP contribution in [0.2, 0.25) is 0 Å². The lowest BCUT2D eigenvalue weighted by atomic mass is 10.1. The van der Waals surface area contributed by atoms with Gasteiger partial charge in [-0.3, -0.25) is 14.8 Å². The summed E-state index contributed by atoms with van der Waals surface area (Å²) in [6, 6.07) is 0.319. The number of nitrogens with zero attached hydrogens (tertiary/aromatic N) is 2. The third kappa shape index (κ3) is 1.82. The molecule has 1 aliphatic rings. The van der Waals surface area contributed by atoms with Gasteiger partial charge in [-0.25, -0.2) is 0 Å². The standard InChI is InChI=1S/C11H18N4O/c1-3-15-6-4-5-9(15)10-8(7-13-14-10)11(16)12-2/h7,9H,3-6H2,1-2H3,(H,12,16)(H,13,14)/t9-/m1/s1. The summed E-state index contributed by atoms with van der Waals surface area (Å²) >= 11 is 0. The van der Waals surface area contributed by atoms with Gasteiger partial charge in [-0.1, -0.05) is 6.92 Å². The molecule has 0 radical (unpaired) electrons. The van der Waals surface area contributed by atoms with Crippen molar-refractivity contribution in [3.8, 4) is 0 Å². The Labute approximate surface area is 95.2 Å². The zero-order chi connectivity index (χ0) is 11.5. The van der Waals surface area contributed by atoms with Crippen LogP contribution < -0.4 is 5.32 Å². The fourth-order valence-corrected chi connectivity index (χ4v) is 2.40. The highest BCUT2D eigenvalue weighted by Gasteiger charge is 2.29. The van der Waals surface area contributed by atoms with E-state index in [0.29, 0.717) is 11.6 Å². The Morgan fingerprint density at radius 2 is 2.56 bits per heavy atom. The largest absolute Gasteiger partial charge is 0.355 e. The van der Waals surface area contributed by atoms with Crippen LogP contribution in [0.15, 0.2) is 6.20 Å². The number of likely N-dealkylation sites (tertiary alicyclic amines) is 1. The number of nitrogens with one attached hydrogen (secondary N) is 2. The first-order valence-corrected chi connectivity index (χ1v) is 5.77. The van der Waals surface area contributed by atoms with Gasteiger partial charge in [0, 0.05) is 7.05 Å². The predicted octanol–water partition coefficient (Wildman–Crippen LogP) is 0.926. The maximum Gasteiger partial charge on any atom is 0.254 e. The number of hydrogen-bond donors (Lipinski definition) is 2. The molecule has 1 aromatic heterocycles. The van der Waals surface area contributed by atoms with Crippen LogP contribution in [0.5, 0.6) is 0 Å². The van der Waals surface area contributed by atoms with Crippen LogP contribution in [0, 0.1) is 0 Å². The minimum absolute atomic E-state index is 0.0632. The second-order valence-corrected chi connectivity index (χ2v) is 4.06. The zero-order valence-electron chi connectivity index (χ0n) is 9.79. The number of H-pyrrole nitrogens is 1. The van der Waals surface area contributed by atoms with Crippen LogP contribution in [-0.2, 0) is 0 Å². The third-order valence-electron chi connectivity index (χ3n) is 3.24. The Morgan fingerprint density at radius 1 is 1.75 bits per heavy atom. The molecule has 0 unspecified atom stereocenters. The SMILES string of the molecule is CCN1CCC[C@@H]1c1[nH]ncc1C(=O)NC. The van der Waals surface area contributed by atoms with E-state index in [9.17, 15) is 4.79 Å². The molecule has 5 heteroatoms. The van der Waals surface area contributed by atoms with Crippen LogP contribution in [0.25, 0.3) is 0 Å². The van der Waals surface area contributed by atoms with Crippen molar-refractivity contribution >= 4 is 5.91 Å². The summed E-state index contributed by atoms with van der Waals surface area (Å²) in [6.45, 7) is 4.26. The summed E-state index contributed by atoms with van der Waals surface area (Å²) in [5, 5.41) is 9.61. The molecular weight excluding hydrogens is 204 g/mol. The highest BCUT2D eigenvalue weighted by molar-refractivity contribution is 5.95. The molecule has 2 rings (SSSR count). The van der Waals surface area contributed by atoms with Gasteiger partial charge in [0.15, 0.2) is 0 Å². The predicted molar refractivity (Wildman–Crippen MR) is 61.2 cm³/mol. The molecule has 0 aromatic carbocycles. The first kappa shape index (κ1) is 11.1. The van der Waals surface area contributed by atoms with E-state index in [0.717, 1.165) is 25.2 Å². The minimum Gasteiger partial charge on any atom is -0.355 e. The van der Waals surface area contributed by atoms with Crippen molar-refractivity contribution in [2.24, 2.45) is 0 Å². The Kier molecular flexibility index (Phi) is 3.24. The lowest BCUT2D eigenvalue weighted by Gasteiger charge is -2.22. The van der Waals surface area contributed by atoms with Gasteiger partial charge >= 0.3 is 0 Å². The van der Waals surface area contributed by atoms with E-state index in [4.69, 9.17) is 0 Å². The molecule has 1 aromatic rings. The van der Waals surface area contributed by atoms with Gasteiger partial charge in [0.25, 0.3) is 5.91 Å². The fourth-order valence-electron chi connectivity index (χ4n) is 2.40. The quantitative estimate of drug-likeness (QED) is 0.799. The lowest BCUT2D eigenvalue weighted by molar-refractivity contribution is 0.0960. The number of hydrogen-bond acceptors (Lipinski definition) is 3. The average molecular weight is 222 g/mol. The number of amides is 1. The molecule has 0 bridgehead atoms. The second kappa shape index (κ2) is 4.65. The van der Waals surface area contributed by atoms with Crippen molar-refractivity contribution in [1.29, 1.82) is 0 Å². The molecule has 0 aliphatic carbocycles. The first-order chi connectivity index (χ1) is 7.77. The van der Waals surface area contributed by atoms with Crippen LogP contribution in [0.3, 0.4) is 0 Å². The van der Waals surface area contributed by atoms with E-state index in [1.54, 1.807) is 13.2 Å². The van der Waals surface area contributed by atoms with Gasteiger partial charge in [-0.2, -0.15) is 5.10 Å². The van der Waals surface area contributed by atoms with Gasteiger partial charge in [-0.05, 0) is 25.9 Å². The monoisotopic (exact) mass is 222 g/mol. The number of aromatic amines is 1. The van der Waals surface area contributed by atoms with Crippen LogP contribution in [0.4, 0.5) is 0 Å². The third-order valence-corrected chi connectivity index (χ3v) is 3.24. The van der Waals surface area contributed by atoms with E-state index in [2.05, 4.69) is 27.3 Å². The Bertz CT molecular complexity index is 374. The fraction of sp³-hybridized carbons (Fsp3) is 0.636. The summed E-state index contributed by atoms with van der Waals surface area (Å²) in [6.07, 6.45) is 3.89. The zero-order valence-corrected chi connectivity index (χ0v) is 9.79. The van der Waals surface area contributed by atoms with Crippen molar-refractivity contribution < 1.29 is 4.79 Å². The van der Waals surface area contributed by atoms with Crippen LogP contribution >= 0.6 is 0 Å². The normalized spacial score (nSPS) is 21.2. The summed E-state index contributed by atoms with van der Waals surface area (Å²) in [7, 11) is 1.64. The number of carbonyl (C=O) groups is 1. The van der Waals surface area contributed by atoms with E-state index >= 15 is 0 Å². The van der Waals surface area contributed by atoms with Crippen molar-refractivity contribution in [2.45, 2.75) is 25.8 Å². The van der Waals surface area contributed by atoms with Gasteiger partial charge in [0.05, 0.1) is 23.5 Å². The van der Waals surface area contributed by atoms with E-state index < -0.39 is 0 Å². The summed E-state index contributed by atoms with van der Waals surface area (Å²) < 4.78 is 0. The summed E-state index contributed by atoms with van der Waals surface area (Å²) in [5.74, 6) is -0.0632. The molecule has 16 heavy (non-hydrogen) atoms. The van der Waals surface area contributed by atoms with Gasteiger partial charge in [0.2, 0.25) is 0 Å². The van der Waals surface area contributed by atoms with Gasteiger partial charge in [0.1, 0.15) is 0 Å². The highest BCUT2D eigenvalue weighted by atomic mass is 16.1. The highest BCUT2D eigenvalue weighted by Crippen LogP contribution is 2.31. The average Bonchev–Trinajstić information content (AvgIpc) is 2.94. The molecule has 5 nitrogen and oxygen atoms in total. The second-order valence-electron chi connectivity index (χ2n) is 4.06. The summed E-state index contributed by atoms with van der Waals surface area (Å²) in [5.41, 5.74) is 1.63. The molecule has 2 N–H and O–H groups in total. The summed E-state index contributed by atoms with van der Waals surface area (Å²) in [4.78, 5) is 14.0. The van der Waals surface area contributed by atoms with Gasteiger partial charge < -0.3 is 5.32 Å². The van der Waals surface area contributed by atoms with E-state index in [-0.39, 0.29) is 5.91 Å². The molecule has 1 saturated heterocycles. The maximum absolute atomic E-state index is 11.7. The smallest absolute Gasteiger partial charge is 0.254 e. The molecule has 1 aliphatic heterocycles. The van der Waals surface area contributed by atoms with Gasteiger partial charge in [-0.15, -0.1) is 0 Å². The molecule has 2 heterocycles. The Balaban J connectivity index is 2.26. The van der Waals surface area contributed by atoms with Crippen molar-refractivity contribution in [3.63, 3.8) is 0 Å². The topological polar surface area (TPSA) is 61.0 Å². The maximum atomic E-state index is 11.7. The van der Waals surface area contributed by atoms with Crippen LogP contribution in [0.1, 0.15) is 41.9 Å². The first-order valence-electron chi connectivity index (χ1n) is 5.77. The molecule has 1 amide bonds. The number of rotatable bonds is 3. The van der Waals surface area contributed by atoms with E-state index in [1.165, 1.54) is 6.42 Å². The van der Waals surface area contributed by atoms with Crippen molar-refractivity contribution in [1.82, 2.24) is 20.4 Å². The number of aromatic nitrogens is 2. The van der Waals surface area contributed by atoms with Crippen molar-refractivity contribution in [3.05, 3.63) is 17.5 Å². The molecule has 1 atom stereocenters. The molecule has 88 valence electrons. The molecular formula is C11H18N4O. The molecule has 0 saturated carbocycles. The Morgan fingerprint density at radius 3 is 3.25 bits per heavy atom. The lowest BCUT2D eigenvalue weighted by Crippen LogP contribution is -2.26. The van der Waals surface area contributed by atoms with Crippen LogP contribution in [-0.4, -0.2) is 41.1 Å². The molecule has 0 spiro atoms. The number of carbonyl (C=O) groups excluding carboxylic acids is 1. The minimum atomic E-state index is -0.0632. The Hall–Kier alpha value is -1.36. The van der Waals surface area contributed by atoms with Crippen molar-refractivity contribution in [2.75, 3.05) is 20.1 Å². The van der Waals surface area contributed by atoms with E-state index in [1.807, 2.05) is 0 Å². The molecule has 1 fully saturated rings.